The lowest BCUT2D eigenvalue weighted by molar-refractivity contribution is 0.0933. The fourth-order valence-electron chi connectivity index (χ4n) is 3.88. The van der Waals surface area contributed by atoms with Crippen LogP contribution >= 0.6 is 0 Å². The molecule has 0 unspecified atom stereocenters. The Hall–Kier alpha value is -2.18. The molecule has 150 valence electrons. The lowest BCUT2D eigenvalue weighted by Gasteiger charge is -2.42. The topological polar surface area (TPSA) is 66.5 Å². The molecule has 0 bridgehead atoms. The average molecular weight is 401 g/mol. The van der Waals surface area contributed by atoms with E-state index in [4.69, 9.17) is 0 Å². The van der Waals surface area contributed by atoms with Crippen molar-refractivity contribution in [2.75, 3.05) is 25.4 Å². The maximum absolute atomic E-state index is 12.6. The summed E-state index contributed by atoms with van der Waals surface area (Å²) in [5.41, 5.74) is 1.52. The number of rotatable bonds is 7. The summed E-state index contributed by atoms with van der Waals surface area (Å²) in [6, 6.07) is 19.3. The van der Waals surface area contributed by atoms with Gasteiger partial charge in [-0.25, -0.2) is 12.7 Å². The van der Waals surface area contributed by atoms with Crippen LogP contribution in [-0.2, 0) is 15.4 Å². The highest BCUT2D eigenvalue weighted by atomic mass is 32.2. The lowest BCUT2D eigenvalue weighted by Crippen LogP contribution is -2.50. The van der Waals surface area contributed by atoms with Gasteiger partial charge in [-0.1, -0.05) is 55.5 Å². The number of sulfonamides is 1. The molecule has 0 aliphatic carbocycles. The van der Waals surface area contributed by atoms with Crippen molar-refractivity contribution in [2.45, 2.75) is 31.6 Å². The summed E-state index contributed by atoms with van der Waals surface area (Å²) in [5, 5.41) is 3.08. The third kappa shape index (κ3) is 4.62. The van der Waals surface area contributed by atoms with E-state index < -0.39 is 10.0 Å². The summed E-state index contributed by atoms with van der Waals surface area (Å²) in [6.45, 7) is 3.35. The molecule has 0 spiro atoms. The van der Waals surface area contributed by atoms with Gasteiger partial charge >= 0.3 is 0 Å². The van der Waals surface area contributed by atoms with Crippen molar-refractivity contribution >= 4 is 15.9 Å². The number of carbonyl (C=O) groups is 1. The van der Waals surface area contributed by atoms with Gasteiger partial charge in [0.05, 0.1) is 5.75 Å². The van der Waals surface area contributed by atoms with Crippen molar-refractivity contribution in [2.24, 2.45) is 0 Å². The first-order valence-electron chi connectivity index (χ1n) is 9.83. The Labute approximate surface area is 167 Å². The zero-order valence-corrected chi connectivity index (χ0v) is 17.1. The van der Waals surface area contributed by atoms with Gasteiger partial charge in [0.1, 0.15) is 0 Å². The van der Waals surface area contributed by atoms with Gasteiger partial charge in [0.2, 0.25) is 10.0 Å². The maximum atomic E-state index is 12.6. The van der Waals surface area contributed by atoms with Gasteiger partial charge in [-0.2, -0.15) is 0 Å². The number of hydrogen-bond acceptors (Lipinski definition) is 3. The Morgan fingerprint density at radius 2 is 1.57 bits per heavy atom. The molecular formula is C22H28N2O3S. The van der Waals surface area contributed by atoms with Crippen LogP contribution in [0.15, 0.2) is 60.7 Å². The van der Waals surface area contributed by atoms with Gasteiger partial charge in [0, 0.05) is 30.6 Å². The Morgan fingerprint density at radius 3 is 2.14 bits per heavy atom. The highest BCUT2D eigenvalue weighted by Crippen LogP contribution is 2.36. The molecule has 28 heavy (non-hydrogen) atoms. The number of nitrogens with zero attached hydrogens (tertiary/aromatic N) is 1. The highest BCUT2D eigenvalue weighted by Gasteiger charge is 2.39. The number of carbonyl (C=O) groups excluding carboxylic acids is 1. The fourth-order valence-corrected chi connectivity index (χ4v) is 5.39. The van der Waals surface area contributed by atoms with Crippen LogP contribution in [0.5, 0.6) is 0 Å². The van der Waals surface area contributed by atoms with Crippen LogP contribution < -0.4 is 5.32 Å². The molecule has 5 nitrogen and oxygen atoms in total. The Bertz CT molecular complexity index is 875. The average Bonchev–Trinajstić information content (AvgIpc) is 2.73. The zero-order chi connectivity index (χ0) is 20.0. The van der Waals surface area contributed by atoms with Gasteiger partial charge in [0.25, 0.3) is 5.91 Å². The van der Waals surface area contributed by atoms with E-state index >= 15 is 0 Å². The van der Waals surface area contributed by atoms with Crippen LogP contribution in [0.1, 0.15) is 42.1 Å². The Balaban J connectivity index is 1.76. The summed E-state index contributed by atoms with van der Waals surface area (Å²) in [4.78, 5) is 12.6. The Morgan fingerprint density at radius 1 is 1.00 bits per heavy atom. The third-order valence-electron chi connectivity index (χ3n) is 5.54. The van der Waals surface area contributed by atoms with Crippen molar-refractivity contribution in [1.82, 2.24) is 9.62 Å². The Kier molecular flexibility index (Phi) is 6.52. The van der Waals surface area contributed by atoms with E-state index in [1.807, 2.05) is 43.3 Å². The van der Waals surface area contributed by atoms with E-state index in [9.17, 15) is 13.2 Å². The molecule has 6 heteroatoms. The van der Waals surface area contributed by atoms with Crippen LogP contribution in [0.2, 0.25) is 0 Å². The number of hydrogen-bond donors (Lipinski definition) is 1. The number of amides is 1. The monoisotopic (exact) mass is 400 g/mol. The fraction of sp³-hybridized carbons (Fsp3) is 0.409. The molecule has 1 aliphatic rings. The standard InChI is InChI=1S/C22H28N2O3S/c1-2-17-28(26,27)24-15-13-22(14-16-24,20-11-7-4-8-12-20)18-23-21(25)19-9-5-3-6-10-19/h3-12H,2,13-18H2,1H3,(H,23,25). The SMILES string of the molecule is CCCS(=O)(=O)N1CCC(CNC(=O)c2ccccc2)(c2ccccc2)CC1. The molecule has 0 aromatic heterocycles. The minimum absolute atomic E-state index is 0.100. The van der Waals surface area contributed by atoms with Gasteiger partial charge in [-0.15, -0.1) is 0 Å². The molecule has 1 fully saturated rings. The van der Waals surface area contributed by atoms with Crippen molar-refractivity contribution < 1.29 is 13.2 Å². The molecule has 0 radical (unpaired) electrons. The number of piperidine rings is 1. The predicted octanol–water partition coefficient (Wildman–Crippen LogP) is 3.19. The van der Waals surface area contributed by atoms with E-state index in [2.05, 4.69) is 17.4 Å². The summed E-state index contributed by atoms with van der Waals surface area (Å²) in [5.74, 6) is 0.0905. The molecule has 1 aliphatic heterocycles. The zero-order valence-electron chi connectivity index (χ0n) is 16.3. The van der Waals surface area contributed by atoms with Crippen molar-refractivity contribution in [3.63, 3.8) is 0 Å². The first-order valence-corrected chi connectivity index (χ1v) is 11.4. The number of benzene rings is 2. The smallest absolute Gasteiger partial charge is 0.251 e. The normalized spacial score (nSPS) is 17.2. The minimum Gasteiger partial charge on any atom is -0.351 e. The van der Waals surface area contributed by atoms with Crippen LogP contribution in [0.4, 0.5) is 0 Å². The summed E-state index contributed by atoms with van der Waals surface area (Å²) in [6.07, 6.45) is 2.00. The molecule has 1 saturated heterocycles. The van der Waals surface area contributed by atoms with Crippen LogP contribution in [0, 0.1) is 0 Å². The van der Waals surface area contributed by atoms with Crippen molar-refractivity contribution in [3.8, 4) is 0 Å². The van der Waals surface area contributed by atoms with Crippen LogP contribution in [0.25, 0.3) is 0 Å². The summed E-state index contributed by atoms with van der Waals surface area (Å²) in [7, 11) is -3.19. The molecule has 1 amide bonds. The van der Waals surface area contributed by atoms with Crippen LogP contribution in [-0.4, -0.2) is 44.0 Å². The summed E-state index contributed by atoms with van der Waals surface area (Å²) < 4.78 is 26.5. The van der Waals surface area contributed by atoms with Gasteiger partial charge in [-0.3, -0.25) is 4.79 Å². The van der Waals surface area contributed by atoms with Crippen molar-refractivity contribution in [1.29, 1.82) is 0 Å². The predicted molar refractivity (Wildman–Crippen MR) is 112 cm³/mol. The summed E-state index contributed by atoms with van der Waals surface area (Å²) >= 11 is 0. The third-order valence-corrected chi connectivity index (χ3v) is 7.62. The van der Waals surface area contributed by atoms with Crippen LogP contribution in [0.3, 0.4) is 0 Å². The second-order valence-electron chi connectivity index (χ2n) is 7.41. The molecule has 1 N–H and O–H groups in total. The molecule has 0 saturated carbocycles. The van der Waals surface area contributed by atoms with E-state index in [-0.39, 0.29) is 17.1 Å². The second kappa shape index (κ2) is 8.88. The van der Waals surface area contributed by atoms with E-state index in [1.54, 1.807) is 16.4 Å². The first kappa shape index (κ1) is 20.6. The highest BCUT2D eigenvalue weighted by molar-refractivity contribution is 7.89. The minimum atomic E-state index is -3.19. The molecule has 2 aromatic carbocycles. The van der Waals surface area contributed by atoms with E-state index in [1.165, 1.54) is 0 Å². The number of nitrogens with one attached hydrogen (secondary N) is 1. The molecule has 0 atom stereocenters. The van der Waals surface area contributed by atoms with Gasteiger partial charge < -0.3 is 5.32 Å². The lowest BCUT2D eigenvalue weighted by atomic mass is 9.73. The second-order valence-corrected chi connectivity index (χ2v) is 9.50. The molecule has 2 aromatic rings. The van der Waals surface area contributed by atoms with Gasteiger partial charge in [0.15, 0.2) is 0 Å². The largest absolute Gasteiger partial charge is 0.351 e. The van der Waals surface area contributed by atoms with Gasteiger partial charge in [-0.05, 0) is 37.0 Å². The van der Waals surface area contributed by atoms with Crippen molar-refractivity contribution in [3.05, 3.63) is 71.8 Å². The quantitative estimate of drug-likeness (QED) is 0.776. The molecular weight excluding hydrogens is 372 g/mol. The molecule has 1 heterocycles. The molecule has 3 rings (SSSR count). The first-order chi connectivity index (χ1) is 13.5. The van der Waals surface area contributed by atoms with E-state index in [0.717, 1.165) is 5.56 Å². The van der Waals surface area contributed by atoms with E-state index in [0.29, 0.717) is 44.5 Å². The maximum Gasteiger partial charge on any atom is 0.251 e.